The van der Waals surface area contributed by atoms with E-state index in [1.165, 1.54) is 12.3 Å². The molecule has 2 aromatic rings. The highest BCUT2D eigenvalue weighted by molar-refractivity contribution is 6.30. The number of halogens is 2. The fourth-order valence-corrected chi connectivity index (χ4v) is 1.99. The first kappa shape index (κ1) is 15.3. The molecular formula is C15H15ClFN3O. The van der Waals surface area contributed by atoms with E-state index in [9.17, 15) is 9.18 Å². The third kappa shape index (κ3) is 3.92. The zero-order chi connectivity index (χ0) is 15.2. The van der Waals surface area contributed by atoms with Gasteiger partial charge in [0.25, 0.3) is 5.91 Å². The highest BCUT2D eigenvalue weighted by Gasteiger charge is 2.14. The maximum Gasteiger partial charge on any atom is 0.254 e. The number of aromatic nitrogens is 1. The second kappa shape index (κ2) is 7.04. The van der Waals surface area contributed by atoms with E-state index in [-0.39, 0.29) is 11.4 Å². The summed E-state index contributed by atoms with van der Waals surface area (Å²) in [7, 11) is 1.55. The van der Waals surface area contributed by atoms with Crippen molar-refractivity contribution in [3.63, 3.8) is 0 Å². The van der Waals surface area contributed by atoms with E-state index >= 15 is 0 Å². The molecule has 0 unspecified atom stereocenters. The number of anilines is 1. The third-order valence-electron chi connectivity index (χ3n) is 2.98. The van der Waals surface area contributed by atoms with Gasteiger partial charge in [0.05, 0.1) is 5.56 Å². The largest absolute Gasteiger partial charge is 0.371 e. The van der Waals surface area contributed by atoms with Crippen molar-refractivity contribution < 1.29 is 9.18 Å². The molecule has 0 saturated heterocycles. The van der Waals surface area contributed by atoms with E-state index in [0.29, 0.717) is 18.0 Å². The van der Waals surface area contributed by atoms with E-state index < -0.39 is 11.7 Å². The number of carbonyl (C=O) groups is 1. The molecule has 4 nitrogen and oxygen atoms in total. The van der Waals surface area contributed by atoms with Crippen molar-refractivity contribution in [1.82, 2.24) is 10.3 Å². The van der Waals surface area contributed by atoms with Crippen LogP contribution in [-0.2, 0) is 6.42 Å². The quantitative estimate of drug-likeness (QED) is 0.893. The molecule has 2 N–H and O–H groups in total. The third-order valence-corrected chi connectivity index (χ3v) is 3.24. The molecule has 0 fully saturated rings. The monoisotopic (exact) mass is 307 g/mol. The van der Waals surface area contributed by atoms with Crippen LogP contribution in [0.25, 0.3) is 0 Å². The minimum absolute atomic E-state index is 0.0227. The lowest BCUT2D eigenvalue weighted by Crippen LogP contribution is -2.27. The molecule has 0 aliphatic rings. The Morgan fingerprint density at radius 3 is 2.67 bits per heavy atom. The Morgan fingerprint density at radius 2 is 2.00 bits per heavy atom. The lowest BCUT2D eigenvalue weighted by atomic mass is 10.1. The zero-order valence-electron chi connectivity index (χ0n) is 11.5. The highest BCUT2D eigenvalue weighted by atomic mass is 35.5. The number of nitrogens with zero attached hydrogens (tertiary/aromatic N) is 1. The van der Waals surface area contributed by atoms with Crippen molar-refractivity contribution in [1.29, 1.82) is 0 Å². The Morgan fingerprint density at radius 1 is 1.29 bits per heavy atom. The van der Waals surface area contributed by atoms with Crippen molar-refractivity contribution in [3.8, 4) is 0 Å². The summed E-state index contributed by atoms with van der Waals surface area (Å²) in [5, 5.41) is 5.95. The van der Waals surface area contributed by atoms with Gasteiger partial charge in [-0.15, -0.1) is 0 Å². The van der Waals surface area contributed by atoms with Crippen molar-refractivity contribution in [2.75, 3.05) is 18.9 Å². The van der Waals surface area contributed by atoms with Crippen LogP contribution in [0.2, 0.25) is 5.02 Å². The van der Waals surface area contributed by atoms with Gasteiger partial charge in [-0.2, -0.15) is 0 Å². The molecule has 1 heterocycles. The first-order valence-electron chi connectivity index (χ1n) is 6.46. The van der Waals surface area contributed by atoms with Gasteiger partial charge in [0.1, 0.15) is 0 Å². The van der Waals surface area contributed by atoms with E-state index in [4.69, 9.17) is 11.6 Å². The molecule has 110 valence electrons. The SMILES string of the molecule is CNc1nccc(C(=O)NCCc2ccc(Cl)cc2)c1F. The molecule has 0 bridgehead atoms. The van der Waals surface area contributed by atoms with Crippen LogP contribution in [0.15, 0.2) is 36.5 Å². The second-order valence-corrected chi connectivity index (χ2v) is 4.84. The van der Waals surface area contributed by atoms with Gasteiger partial charge in [-0.05, 0) is 30.2 Å². The second-order valence-electron chi connectivity index (χ2n) is 4.40. The summed E-state index contributed by atoms with van der Waals surface area (Å²) in [6, 6.07) is 8.72. The van der Waals surface area contributed by atoms with Crippen LogP contribution < -0.4 is 10.6 Å². The molecule has 2 rings (SSSR count). The molecule has 0 atom stereocenters. The van der Waals surface area contributed by atoms with Gasteiger partial charge in [0, 0.05) is 24.8 Å². The molecule has 0 aliphatic carbocycles. The number of amides is 1. The molecule has 21 heavy (non-hydrogen) atoms. The number of carbonyl (C=O) groups excluding carboxylic acids is 1. The van der Waals surface area contributed by atoms with Gasteiger partial charge >= 0.3 is 0 Å². The fourth-order valence-electron chi connectivity index (χ4n) is 1.86. The molecule has 1 aromatic heterocycles. The minimum atomic E-state index is -0.649. The average Bonchev–Trinajstić information content (AvgIpc) is 2.49. The Bertz CT molecular complexity index is 631. The van der Waals surface area contributed by atoms with E-state index in [1.54, 1.807) is 19.2 Å². The Kier molecular flexibility index (Phi) is 5.11. The van der Waals surface area contributed by atoms with Crippen LogP contribution in [0.4, 0.5) is 10.2 Å². The maximum absolute atomic E-state index is 13.9. The molecule has 0 radical (unpaired) electrons. The van der Waals surface area contributed by atoms with Crippen LogP contribution >= 0.6 is 11.6 Å². The van der Waals surface area contributed by atoms with Crippen molar-refractivity contribution in [2.45, 2.75) is 6.42 Å². The normalized spacial score (nSPS) is 10.2. The van der Waals surface area contributed by atoms with E-state index in [1.807, 2.05) is 12.1 Å². The van der Waals surface area contributed by atoms with Gasteiger partial charge in [-0.25, -0.2) is 9.37 Å². The number of pyridine rings is 1. The smallest absolute Gasteiger partial charge is 0.254 e. The van der Waals surface area contributed by atoms with E-state index in [0.717, 1.165) is 5.56 Å². The summed E-state index contributed by atoms with van der Waals surface area (Å²) in [5.41, 5.74) is 1.02. The molecule has 1 amide bonds. The zero-order valence-corrected chi connectivity index (χ0v) is 12.2. The minimum Gasteiger partial charge on any atom is -0.371 e. The summed E-state index contributed by atoms with van der Waals surface area (Å²) in [6.07, 6.45) is 2.04. The van der Waals surface area contributed by atoms with Crippen LogP contribution in [0, 0.1) is 5.82 Å². The number of rotatable bonds is 5. The number of hydrogen-bond acceptors (Lipinski definition) is 3. The summed E-state index contributed by atoms with van der Waals surface area (Å²) >= 11 is 5.80. The van der Waals surface area contributed by atoms with Gasteiger partial charge in [-0.3, -0.25) is 4.79 Å². The molecule has 0 aliphatic heterocycles. The molecule has 6 heteroatoms. The lowest BCUT2D eigenvalue weighted by molar-refractivity contribution is 0.0950. The summed E-state index contributed by atoms with van der Waals surface area (Å²) in [4.78, 5) is 15.7. The Labute approximate surface area is 127 Å². The molecule has 0 saturated carbocycles. The highest BCUT2D eigenvalue weighted by Crippen LogP contribution is 2.14. The van der Waals surface area contributed by atoms with Crippen LogP contribution in [-0.4, -0.2) is 24.5 Å². The number of benzene rings is 1. The number of hydrogen-bond donors (Lipinski definition) is 2. The predicted molar refractivity (Wildman–Crippen MR) is 81.2 cm³/mol. The predicted octanol–water partition coefficient (Wildman–Crippen LogP) is 2.89. The average molecular weight is 308 g/mol. The molecule has 1 aromatic carbocycles. The first-order chi connectivity index (χ1) is 10.1. The Hall–Kier alpha value is -2.14. The summed E-state index contributed by atoms with van der Waals surface area (Å²) < 4.78 is 13.9. The molecular weight excluding hydrogens is 293 g/mol. The summed E-state index contributed by atoms with van der Waals surface area (Å²) in [6.45, 7) is 0.414. The van der Waals surface area contributed by atoms with Gasteiger partial charge in [-0.1, -0.05) is 23.7 Å². The van der Waals surface area contributed by atoms with Crippen LogP contribution in [0.5, 0.6) is 0 Å². The number of nitrogens with one attached hydrogen (secondary N) is 2. The van der Waals surface area contributed by atoms with Crippen molar-refractivity contribution in [2.24, 2.45) is 0 Å². The first-order valence-corrected chi connectivity index (χ1v) is 6.84. The van der Waals surface area contributed by atoms with E-state index in [2.05, 4.69) is 15.6 Å². The lowest BCUT2D eigenvalue weighted by Gasteiger charge is -2.08. The summed E-state index contributed by atoms with van der Waals surface area (Å²) in [5.74, 6) is -1.05. The molecule has 0 spiro atoms. The fraction of sp³-hybridized carbons (Fsp3) is 0.200. The van der Waals surface area contributed by atoms with Crippen LogP contribution in [0.3, 0.4) is 0 Å². The van der Waals surface area contributed by atoms with Crippen molar-refractivity contribution >= 4 is 23.3 Å². The van der Waals surface area contributed by atoms with Gasteiger partial charge < -0.3 is 10.6 Å². The van der Waals surface area contributed by atoms with Crippen molar-refractivity contribution in [3.05, 3.63) is 58.5 Å². The van der Waals surface area contributed by atoms with Gasteiger partial charge in [0.2, 0.25) is 0 Å². The maximum atomic E-state index is 13.9. The van der Waals surface area contributed by atoms with Crippen LogP contribution in [0.1, 0.15) is 15.9 Å². The topological polar surface area (TPSA) is 54.0 Å². The standard InChI is InChI=1S/C15H15ClFN3O/c1-18-14-13(17)12(7-9-19-14)15(21)20-8-6-10-2-4-11(16)5-3-10/h2-5,7,9H,6,8H2,1H3,(H,18,19)(H,20,21). The van der Waals surface area contributed by atoms with Gasteiger partial charge in [0.15, 0.2) is 11.6 Å². The Balaban J connectivity index is 1.94.